The minimum Gasteiger partial charge on any atom is -0.327 e. The topological polar surface area (TPSA) is 66.6 Å². The van der Waals surface area contributed by atoms with Crippen molar-refractivity contribution < 1.29 is 22.8 Å². The second-order valence-electron chi connectivity index (χ2n) is 11.1. The average molecular weight is 534 g/mol. The lowest BCUT2D eigenvalue weighted by atomic mass is 9.82. The van der Waals surface area contributed by atoms with Gasteiger partial charge in [0, 0.05) is 30.7 Å². The van der Waals surface area contributed by atoms with Crippen molar-refractivity contribution in [1.82, 2.24) is 9.80 Å². The molecular formula is C31H30F3N3O2. The lowest BCUT2D eigenvalue weighted by Crippen LogP contribution is -2.47. The van der Waals surface area contributed by atoms with Crippen molar-refractivity contribution in [2.75, 3.05) is 0 Å². The van der Waals surface area contributed by atoms with E-state index in [-0.39, 0.29) is 42.3 Å². The molecule has 2 fully saturated rings. The van der Waals surface area contributed by atoms with Crippen LogP contribution in [-0.4, -0.2) is 39.7 Å². The molecule has 2 amide bonds. The average Bonchev–Trinajstić information content (AvgIpc) is 3.28. The van der Waals surface area contributed by atoms with Gasteiger partial charge in [0.15, 0.2) is 11.6 Å². The van der Waals surface area contributed by atoms with E-state index in [0.717, 1.165) is 49.4 Å². The number of halogens is 3. The second kappa shape index (κ2) is 10.2. The number of nitrogens with zero attached hydrogens (tertiary/aromatic N) is 2. The van der Waals surface area contributed by atoms with Gasteiger partial charge in [0.2, 0.25) is 0 Å². The Balaban J connectivity index is 1.10. The van der Waals surface area contributed by atoms with Gasteiger partial charge in [-0.2, -0.15) is 0 Å². The van der Waals surface area contributed by atoms with Crippen molar-refractivity contribution in [3.8, 4) is 0 Å². The Morgan fingerprint density at radius 1 is 0.769 bits per heavy atom. The largest absolute Gasteiger partial charge is 0.327 e. The van der Waals surface area contributed by atoms with Crippen molar-refractivity contribution >= 4 is 11.8 Å². The molecule has 39 heavy (non-hydrogen) atoms. The van der Waals surface area contributed by atoms with Crippen LogP contribution in [0.15, 0.2) is 60.7 Å². The van der Waals surface area contributed by atoms with Gasteiger partial charge in [-0.3, -0.25) is 19.4 Å². The number of amides is 2. The van der Waals surface area contributed by atoms with E-state index in [9.17, 15) is 22.8 Å². The zero-order valence-corrected chi connectivity index (χ0v) is 21.5. The van der Waals surface area contributed by atoms with Gasteiger partial charge < -0.3 is 5.73 Å². The van der Waals surface area contributed by atoms with Gasteiger partial charge in [0.25, 0.3) is 11.8 Å². The summed E-state index contributed by atoms with van der Waals surface area (Å²) in [6, 6.07) is 16.8. The summed E-state index contributed by atoms with van der Waals surface area (Å²) < 4.78 is 41.2. The molecule has 0 radical (unpaired) electrons. The molecule has 3 aromatic rings. The van der Waals surface area contributed by atoms with Gasteiger partial charge in [-0.05, 0) is 72.9 Å². The minimum atomic E-state index is -1.19. The second-order valence-corrected chi connectivity index (χ2v) is 11.1. The third kappa shape index (κ3) is 4.87. The normalized spacial score (nSPS) is 23.4. The summed E-state index contributed by atoms with van der Waals surface area (Å²) in [6.45, 7) is 0.982. The van der Waals surface area contributed by atoms with Crippen LogP contribution >= 0.6 is 0 Å². The van der Waals surface area contributed by atoms with E-state index in [1.54, 1.807) is 24.3 Å². The SMILES string of the molecule is N[C@H](Cc1cc(F)c(F)cc1F)[C@@H]1C[C@H]2CC[C@@H](C1)N2Cc1cccc(CN2C(=O)c3ccccc3C2=O)c1. The molecular weight excluding hydrogens is 503 g/mol. The first-order chi connectivity index (χ1) is 18.8. The molecule has 0 aliphatic carbocycles. The van der Waals surface area contributed by atoms with Crippen LogP contribution in [0.1, 0.15) is 63.1 Å². The van der Waals surface area contributed by atoms with E-state index >= 15 is 0 Å². The number of nitrogens with two attached hydrogens (primary N) is 1. The lowest BCUT2D eigenvalue weighted by Gasteiger charge is -2.41. The Kier molecular flexibility index (Phi) is 6.77. The number of rotatable bonds is 7. The maximum Gasteiger partial charge on any atom is 0.261 e. The molecule has 3 aliphatic heterocycles. The van der Waals surface area contributed by atoms with Gasteiger partial charge in [-0.25, -0.2) is 13.2 Å². The van der Waals surface area contributed by atoms with Crippen molar-refractivity contribution in [3.05, 3.63) is 106 Å². The minimum absolute atomic E-state index is 0.117. The van der Waals surface area contributed by atoms with Gasteiger partial charge in [0.05, 0.1) is 17.7 Å². The third-order valence-electron chi connectivity index (χ3n) is 8.65. The molecule has 2 saturated heterocycles. The Hall–Kier alpha value is -3.49. The molecule has 0 saturated carbocycles. The Bertz CT molecular complexity index is 1400. The molecule has 3 aliphatic rings. The monoisotopic (exact) mass is 533 g/mol. The first kappa shape index (κ1) is 25.8. The van der Waals surface area contributed by atoms with Crippen LogP contribution in [0.25, 0.3) is 0 Å². The van der Waals surface area contributed by atoms with Crippen LogP contribution < -0.4 is 5.73 Å². The summed E-state index contributed by atoms with van der Waals surface area (Å²) >= 11 is 0. The lowest BCUT2D eigenvalue weighted by molar-refractivity contribution is 0.0642. The van der Waals surface area contributed by atoms with Gasteiger partial charge in [-0.15, -0.1) is 0 Å². The Labute approximate surface area is 225 Å². The maximum atomic E-state index is 14.2. The molecule has 2 N–H and O–H groups in total. The maximum absolute atomic E-state index is 14.2. The summed E-state index contributed by atoms with van der Waals surface area (Å²) in [7, 11) is 0. The summed E-state index contributed by atoms with van der Waals surface area (Å²) in [5.74, 6) is -3.36. The number of carbonyl (C=O) groups excluding carboxylic acids is 2. The molecule has 202 valence electrons. The molecule has 6 rings (SSSR count). The predicted octanol–water partition coefficient (Wildman–Crippen LogP) is 5.21. The van der Waals surface area contributed by atoms with Crippen LogP contribution in [0.4, 0.5) is 13.2 Å². The van der Waals surface area contributed by atoms with Crippen molar-refractivity contribution in [2.24, 2.45) is 11.7 Å². The molecule has 3 heterocycles. The van der Waals surface area contributed by atoms with E-state index in [1.165, 1.54) is 4.90 Å². The number of carbonyl (C=O) groups is 2. The first-order valence-electron chi connectivity index (χ1n) is 13.5. The van der Waals surface area contributed by atoms with E-state index in [1.807, 2.05) is 12.1 Å². The van der Waals surface area contributed by atoms with Crippen molar-refractivity contribution in [2.45, 2.75) is 63.3 Å². The number of benzene rings is 3. The Morgan fingerprint density at radius 2 is 1.36 bits per heavy atom. The molecule has 0 unspecified atom stereocenters. The molecule has 8 heteroatoms. The van der Waals surface area contributed by atoms with Crippen LogP contribution in [0.3, 0.4) is 0 Å². The molecule has 5 nitrogen and oxygen atoms in total. The van der Waals surface area contributed by atoms with Crippen LogP contribution in [0.5, 0.6) is 0 Å². The van der Waals surface area contributed by atoms with Crippen LogP contribution in [0, 0.1) is 23.4 Å². The molecule has 0 aromatic heterocycles. The quantitative estimate of drug-likeness (QED) is 0.334. The molecule has 0 spiro atoms. The summed E-state index contributed by atoms with van der Waals surface area (Å²) in [5, 5.41) is 0. The summed E-state index contributed by atoms with van der Waals surface area (Å²) in [4.78, 5) is 29.4. The smallest absolute Gasteiger partial charge is 0.261 e. The fraction of sp³-hybridized carbons (Fsp3) is 0.355. The van der Waals surface area contributed by atoms with Crippen molar-refractivity contribution in [1.29, 1.82) is 0 Å². The number of imide groups is 1. The van der Waals surface area contributed by atoms with Gasteiger partial charge >= 0.3 is 0 Å². The number of hydrogen-bond donors (Lipinski definition) is 1. The zero-order valence-electron chi connectivity index (χ0n) is 21.5. The van der Waals surface area contributed by atoms with E-state index in [2.05, 4.69) is 17.0 Å². The number of piperidine rings is 1. The highest BCUT2D eigenvalue weighted by Crippen LogP contribution is 2.41. The first-order valence-corrected chi connectivity index (χ1v) is 13.5. The van der Waals surface area contributed by atoms with Gasteiger partial charge in [-0.1, -0.05) is 36.4 Å². The molecule has 3 aromatic carbocycles. The van der Waals surface area contributed by atoms with Crippen LogP contribution in [0.2, 0.25) is 0 Å². The predicted molar refractivity (Wildman–Crippen MR) is 140 cm³/mol. The van der Waals surface area contributed by atoms with Crippen molar-refractivity contribution in [3.63, 3.8) is 0 Å². The highest BCUT2D eigenvalue weighted by molar-refractivity contribution is 6.21. The standard InChI is InChI=1S/C31H30F3N3O2/c32-26-15-28(34)27(33)13-20(26)14-29(35)21-11-22-8-9-23(12-21)36(22)16-18-4-3-5-19(10-18)17-37-30(38)24-6-1-2-7-25(24)31(37)39/h1-7,10,13,15,21-23,29H,8-9,11-12,14,16-17,35H2/t21-,22-,23+,29-/m1/s1. The molecule has 2 bridgehead atoms. The zero-order chi connectivity index (χ0) is 27.3. The fourth-order valence-electron chi connectivity index (χ4n) is 6.67. The summed E-state index contributed by atoms with van der Waals surface area (Å²) in [6.07, 6.45) is 4.03. The van der Waals surface area contributed by atoms with Crippen LogP contribution in [-0.2, 0) is 19.5 Å². The highest BCUT2D eigenvalue weighted by Gasteiger charge is 2.42. The third-order valence-corrected chi connectivity index (χ3v) is 8.65. The number of fused-ring (bicyclic) bond motifs is 3. The number of hydrogen-bond acceptors (Lipinski definition) is 4. The highest BCUT2D eigenvalue weighted by atomic mass is 19.2. The fourth-order valence-corrected chi connectivity index (χ4v) is 6.67. The van der Waals surface area contributed by atoms with E-state index in [4.69, 9.17) is 5.73 Å². The van der Waals surface area contributed by atoms with E-state index in [0.29, 0.717) is 29.3 Å². The molecule has 4 atom stereocenters. The van der Waals surface area contributed by atoms with Gasteiger partial charge in [0.1, 0.15) is 5.82 Å². The Morgan fingerprint density at radius 3 is 2.00 bits per heavy atom. The summed E-state index contributed by atoms with van der Waals surface area (Å²) in [5.41, 5.74) is 9.51. The van der Waals surface area contributed by atoms with E-state index < -0.39 is 17.5 Å².